The Balaban J connectivity index is 1.93. The van der Waals surface area contributed by atoms with Crippen LogP contribution < -0.4 is 5.56 Å². The van der Waals surface area contributed by atoms with Crippen LogP contribution in [0.2, 0.25) is 0 Å². The van der Waals surface area contributed by atoms with Crippen molar-refractivity contribution in [3.8, 4) is 0 Å². The van der Waals surface area contributed by atoms with Crippen LogP contribution >= 0.6 is 12.2 Å². The van der Waals surface area contributed by atoms with Crippen LogP contribution in [0.5, 0.6) is 0 Å². The fourth-order valence-corrected chi connectivity index (χ4v) is 3.34. The molecule has 116 valence electrons. The van der Waals surface area contributed by atoms with Gasteiger partial charge in [0.25, 0.3) is 11.5 Å². The quantitative estimate of drug-likeness (QED) is 0.837. The lowest BCUT2D eigenvalue weighted by Gasteiger charge is -2.31. The van der Waals surface area contributed by atoms with Gasteiger partial charge in [-0.3, -0.25) is 14.6 Å². The Bertz CT molecular complexity index is 818. The zero-order valence-electron chi connectivity index (χ0n) is 12.5. The number of hydrogen-bond donors (Lipinski definition) is 2. The van der Waals surface area contributed by atoms with E-state index in [2.05, 4.69) is 9.97 Å². The molecule has 0 spiro atoms. The second kappa shape index (κ2) is 6.04. The van der Waals surface area contributed by atoms with Gasteiger partial charge in [-0.25, -0.2) is 0 Å². The first-order chi connectivity index (χ1) is 10.6. The number of carbonyl (C=O) groups excluding carboxylic acids is 1. The second-order valence-electron chi connectivity index (χ2n) is 5.88. The summed E-state index contributed by atoms with van der Waals surface area (Å²) in [6.45, 7) is 0. The number of nitrogens with zero attached hydrogens (tertiary/aromatic N) is 1. The number of fused-ring (bicyclic) bond motifs is 1. The van der Waals surface area contributed by atoms with E-state index in [-0.39, 0.29) is 16.2 Å². The molecule has 0 atom stereocenters. The fourth-order valence-electron chi connectivity index (χ4n) is 3.14. The minimum absolute atomic E-state index is 0.00611. The van der Waals surface area contributed by atoms with Crippen LogP contribution in [0.4, 0.5) is 0 Å². The number of aromatic amines is 2. The Morgan fingerprint density at radius 2 is 1.95 bits per heavy atom. The highest BCUT2D eigenvalue weighted by molar-refractivity contribution is 7.71. The van der Waals surface area contributed by atoms with Crippen LogP contribution in [0.15, 0.2) is 23.0 Å². The third-order valence-corrected chi connectivity index (χ3v) is 4.63. The molecule has 1 amide bonds. The van der Waals surface area contributed by atoms with E-state index >= 15 is 0 Å². The molecule has 2 aromatic rings. The van der Waals surface area contributed by atoms with Gasteiger partial charge >= 0.3 is 0 Å². The molecular formula is C16H19N3O2S. The molecule has 0 aliphatic heterocycles. The van der Waals surface area contributed by atoms with Crippen LogP contribution in [0, 0.1) is 4.77 Å². The predicted octanol–water partition coefficient (Wildman–Crippen LogP) is 2.99. The first-order valence-corrected chi connectivity index (χ1v) is 8.00. The van der Waals surface area contributed by atoms with Crippen molar-refractivity contribution in [1.29, 1.82) is 0 Å². The number of hydrogen-bond acceptors (Lipinski definition) is 3. The van der Waals surface area contributed by atoms with E-state index in [1.165, 1.54) is 19.3 Å². The Morgan fingerprint density at radius 3 is 2.68 bits per heavy atom. The average Bonchev–Trinajstić information content (AvgIpc) is 2.53. The van der Waals surface area contributed by atoms with Crippen molar-refractivity contribution in [2.75, 3.05) is 7.05 Å². The van der Waals surface area contributed by atoms with Crippen molar-refractivity contribution in [2.24, 2.45) is 0 Å². The van der Waals surface area contributed by atoms with Gasteiger partial charge in [-0.05, 0) is 43.3 Å². The Labute approximate surface area is 133 Å². The summed E-state index contributed by atoms with van der Waals surface area (Å²) in [5.41, 5.74) is 0.937. The van der Waals surface area contributed by atoms with Gasteiger partial charge in [-0.2, -0.15) is 0 Å². The lowest BCUT2D eigenvalue weighted by molar-refractivity contribution is 0.0696. The van der Waals surface area contributed by atoms with Crippen molar-refractivity contribution in [2.45, 2.75) is 38.1 Å². The number of benzene rings is 1. The van der Waals surface area contributed by atoms with E-state index in [1.807, 2.05) is 11.9 Å². The number of H-pyrrole nitrogens is 2. The van der Waals surface area contributed by atoms with Crippen molar-refractivity contribution < 1.29 is 4.79 Å². The molecule has 1 aliphatic carbocycles. The van der Waals surface area contributed by atoms with Crippen LogP contribution in [0.1, 0.15) is 42.5 Å². The summed E-state index contributed by atoms with van der Waals surface area (Å²) in [7, 11) is 1.86. The summed E-state index contributed by atoms with van der Waals surface area (Å²) in [5, 5.41) is 0.505. The smallest absolute Gasteiger partial charge is 0.259 e. The Hall–Kier alpha value is -1.95. The lowest BCUT2D eigenvalue weighted by atomic mass is 9.94. The van der Waals surface area contributed by atoms with E-state index in [1.54, 1.807) is 18.2 Å². The van der Waals surface area contributed by atoms with E-state index in [0.29, 0.717) is 22.5 Å². The molecule has 0 unspecified atom stereocenters. The van der Waals surface area contributed by atoms with Crippen LogP contribution in [0.3, 0.4) is 0 Å². The maximum atomic E-state index is 12.7. The van der Waals surface area contributed by atoms with E-state index < -0.39 is 0 Å². The first-order valence-electron chi connectivity index (χ1n) is 7.60. The molecule has 6 heteroatoms. The maximum absolute atomic E-state index is 12.7. The monoisotopic (exact) mass is 317 g/mol. The summed E-state index contributed by atoms with van der Waals surface area (Å²) in [6.07, 6.45) is 5.76. The topological polar surface area (TPSA) is 69.0 Å². The standard InChI is InChI=1S/C16H19N3O2S/c1-19(11-5-3-2-4-6-11)15(21)10-7-8-12-13(9-10)17-16(22)18-14(12)20/h7-9,11H,2-6H2,1H3,(H2,17,18,20,22). The third kappa shape index (κ3) is 2.83. The molecule has 1 saturated carbocycles. The number of amides is 1. The Kier molecular flexibility index (Phi) is 4.11. The summed E-state index contributed by atoms with van der Waals surface area (Å²) in [4.78, 5) is 31.8. The summed E-state index contributed by atoms with van der Waals surface area (Å²) < 4.78 is 0.266. The molecule has 1 aromatic carbocycles. The zero-order chi connectivity index (χ0) is 15.7. The normalized spacial score (nSPS) is 15.9. The number of nitrogens with one attached hydrogen (secondary N) is 2. The molecule has 2 N–H and O–H groups in total. The second-order valence-corrected chi connectivity index (χ2v) is 6.28. The number of carbonyl (C=O) groups is 1. The van der Waals surface area contributed by atoms with Crippen molar-refractivity contribution in [3.05, 3.63) is 38.9 Å². The van der Waals surface area contributed by atoms with Gasteiger partial charge < -0.3 is 9.88 Å². The molecule has 1 aromatic heterocycles. The maximum Gasteiger partial charge on any atom is 0.259 e. The number of aromatic nitrogens is 2. The van der Waals surface area contributed by atoms with Crippen molar-refractivity contribution in [3.63, 3.8) is 0 Å². The first kappa shape index (κ1) is 15.0. The van der Waals surface area contributed by atoms with E-state index in [4.69, 9.17) is 12.2 Å². The highest BCUT2D eigenvalue weighted by Gasteiger charge is 2.23. The van der Waals surface area contributed by atoms with Gasteiger partial charge in [0.15, 0.2) is 4.77 Å². The Morgan fingerprint density at radius 1 is 1.23 bits per heavy atom. The molecular weight excluding hydrogens is 298 g/mol. The molecule has 5 nitrogen and oxygen atoms in total. The minimum atomic E-state index is -0.238. The van der Waals surface area contributed by atoms with Crippen molar-refractivity contribution in [1.82, 2.24) is 14.9 Å². The van der Waals surface area contributed by atoms with Gasteiger partial charge in [-0.1, -0.05) is 19.3 Å². The molecule has 0 bridgehead atoms. The van der Waals surface area contributed by atoms with Gasteiger partial charge in [0, 0.05) is 18.7 Å². The minimum Gasteiger partial charge on any atom is -0.339 e. The molecule has 3 rings (SSSR count). The molecule has 1 aliphatic rings. The fraction of sp³-hybridized carbons (Fsp3) is 0.438. The van der Waals surface area contributed by atoms with Crippen LogP contribution in [0.25, 0.3) is 10.9 Å². The number of rotatable bonds is 2. The third-order valence-electron chi connectivity index (χ3n) is 4.43. The molecule has 22 heavy (non-hydrogen) atoms. The zero-order valence-corrected chi connectivity index (χ0v) is 13.3. The summed E-state index contributed by atoms with van der Waals surface area (Å²) in [5.74, 6) is -0.00611. The summed E-state index contributed by atoms with van der Waals surface area (Å²) >= 11 is 4.98. The summed E-state index contributed by atoms with van der Waals surface area (Å²) in [6, 6.07) is 5.40. The van der Waals surface area contributed by atoms with Gasteiger partial charge in [-0.15, -0.1) is 0 Å². The molecule has 0 saturated heterocycles. The van der Waals surface area contributed by atoms with Crippen LogP contribution in [-0.4, -0.2) is 33.9 Å². The highest BCUT2D eigenvalue weighted by Crippen LogP contribution is 2.23. The van der Waals surface area contributed by atoms with E-state index in [0.717, 1.165) is 12.8 Å². The lowest BCUT2D eigenvalue weighted by Crippen LogP contribution is -2.38. The molecule has 0 radical (unpaired) electrons. The van der Waals surface area contributed by atoms with E-state index in [9.17, 15) is 9.59 Å². The van der Waals surface area contributed by atoms with Gasteiger partial charge in [0.05, 0.1) is 10.9 Å². The largest absolute Gasteiger partial charge is 0.339 e. The highest BCUT2D eigenvalue weighted by atomic mass is 32.1. The van der Waals surface area contributed by atoms with Gasteiger partial charge in [0.1, 0.15) is 0 Å². The molecule has 1 heterocycles. The predicted molar refractivity (Wildman–Crippen MR) is 88.7 cm³/mol. The van der Waals surface area contributed by atoms with Gasteiger partial charge in [0.2, 0.25) is 0 Å². The van der Waals surface area contributed by atoms with Crippen molar-refractivity contribution >= 4 is 29.0 Å². The van der Waals surface area contributed by atoms with Crippen LogP contribution in [-0.2, 0) is 0 Å². The average molecular weight is 317 g/mol. The molecule has 1 fully saturated rings. The SMILES string of the molecule is CN(C(=O)c1ccc2c(=O)[nH]c(=S)[nH]c2c1)C1CCCCC1.